The van der Waals surface area contributed by atoms with Crippen LogP contribution in [0.2, 0.25) is 5.02 Å². The Morgan fingerprint density at radius 3 is 2.78 bits per heavy atom. The normalized spacial score (nSPS) is 12.7. The van der Waals surface area contributed by atoms with Crippen LogP contribution in [0.5, 0.6) is 0 Å². The molecule has 0 aliphatic carbocycles. The summed E-state index contributed by atoms with van der Waals surface area (Å²) in [5.74, 6) is 0.957. The number of nitrogens with zero attached hydrogens (tertiary/aromatic N) is 2. The van der Waals surface area contributed by atoms with E-state index < -0.39 is 0 Å². The number of halogens is 1. The zero-order valence-corrected chi connectivity index (χ0v) is 11.7. The van der Waals surface area contributed by atoms with Gasteiger partial charge in [0.1, 0.15) is 5.82 Å². The molecule has 1 heterocycles. The van der Waals surface area contributed by atoms with Crippen LogP contribution >= 0.6 is 11.6 Å². The zero-order chi connectivity index (χ0) is 13.1. The van der Waals surface area contributed by atoms with E-state index in [1.165, 1.54) is 0 Å². The van der Waals surface area contributed by atoms with Crippen LogP contribution in [0.15, 0.2) is 30.6 Å². The second-order valence-electron chi connectivity index (χ2n) is 4.33. The molecule has 0 aliphatic rings. The van der Waals surface area contributed by atoms with E-state index in [1.54, 1.807) is 6.20 Å². The second-order valence-corrected chi connectivity index (χ2v) is 4.74. The Hall–Kier alpha value is -1.32. The summed E-state index contributed by atoms with van der Waals surface area (Å²) in [4.78, 5) is 4.22. The molecule has 96 valence electrons. The molecule has 1 aromatic heterocycles. The van der Waals surface area contributed by atoms with Crippen LogP contribution in [0.25, 0.3) is 5.69 Å². The highest BCUT2D eigenvalue weighted by Crippen LogP contribution is 2.25. The third kappa shape index (κ3) is 2.57. The number of nitrogens with one attached hydrogen (secondary N) is 1. The van der Waals surface area contributed by atoms with Gasteiger partial charge in [-0.05, 0) is 38.1 Å². The van der Waals surface area contributed by atoms with Crippen molar-refractivity contribution in [3.63, 3.8) is 0 Å². The maximum atomic E-state index is 6.36. The molecule has 0 aliphatic heterocycles. The molecule has 1 unspecified atom stereocenters. The fourth-order valence-corrected chi connectivity index (χ4v) is 2.42. The lowest BCUT2D eigenvalue weighted by atomic mass is 10.1. The SMILES string of the molecule is CCNC(C)c1ccc(-n2ccnc2C)cc1Cl. The van der Waals surface area contributed by atoms with Crippen molar-refractivity contribution in [2.24, 2.45) is 0 Å². The van der Waals surface area contributed by atoms with Crippen LogP contribution in [0.3, 0.4) is 0 Å². The molecule has 0 saturated carbocycles. The largest absolute Gasteiger partial charge is 0.310 e. The van der Waals surface area contributed by atoms with Gasteiger partial charge in [0.15, 0.2) is 0 Å². The molecular weight excluding hydrogens is 246 g/mol. The Bertz CT molecular complexity index is 534. The average Bonchev–Trinajstić information content (AvgIpc) is 2.75. The van der Waals surface area contributed by atoms with Crippen LogP contribution < -0.4 is 5.32 Å². The van der Waals surface area contributed by atoms with Crippen LogP contribution in [0, 0.1) is 6.92 Å². The molecule has 1 aromatic carbocycles. The first-order valence-electron chi connectivity index (χ1n) is 6.16. The molecule has 1 atom stereocenters. The molecule has 0 fully saturated rings. The lowest BCUT2D eigenvalue weighted by molar-refractivity contribution is 0.598. The number of hydrogen-bond donors (Lipinski definition) is 1. The van der Waals surface area contributed by atoms with E-state index in [9.17, 15) is 0 Å². The van der Waals surface area contributed by atoms with Crippen LogP contribution in [-0.4, -0.2) is 16.1 Å². The summed E-state index contributed by atoms with van der Waals surface area (Å²) in [6.07, 6.45) is 3.73. The van der Waals surface area contributed by atoms with E-state index >= 15 is 0 Å². The Balaban J connectivity index is 2.33. The number of benzene rings is 1. The zero-order valence-electron chi connectivity index (χ0n) is 10.9. The fourth-order valence-electron chi connectivity index (χ4n) is 2.08. The predicted molar refractivity (Wildman–Crippen MR) is 75.4 cm³/mol. The van der Waals surface area contributed by atoms with Gasteiger partial charge in [-0.1, -0.05) is 24.6 Å². The third-order valence-corrected chi connectivity index (χ3v) is 3.39. The van der Waals surface area contributed by atoms with Crippen molar-refractivity contribution >= 4 is 11.6 Å². The molecule has 0 saturated heterocycles. The Morgan fingerprint density at radius 1 is 1.44 bits per heavy atom. The van der Waals surface area contributed by atoms with Gasteiger partial charge < -0.3 is 9.88 Å². The van der Waals surface area contributed by atoms with Crippen LogP contribution in [-0.2, 0) is 0 Å². The van der Waals surface area contributed by atoms with Gasteiger partial charge in [0.2, 0.25) is 0 Å². The lowest BCUT2D eigenvalue weighted by Crippen LogP contribution is -2.18. The summed E-state index contributed by atoms with van der Waals surface area (Å²) in [6, 6.07) is 6.40. The Morgan fingerprint density at radius 2 is 2.22 bits per heavy atom. The fraction of sp³-hybridized carbons (Fsp3) is 0.357. The summed E-state index contributed by atoms with van der Waals surface area (Å²) in [5, 5.41) is 4.15. The highest BCUT2D eigenvalue weighted by atomic mass is 35.5. The van der Waals surface area contributed by atoms with Gasteiger partial charge >= 0.3 is 0 Å². The number of aryl methyl sites for hydroxylation is 1. The molecule has 4 heteroatoms. The highest BCUT2D eigenvalue weighted by Gasteiger charge is 2.10. The van der Waals surface area contributed by atoms with Crippen LogP contribution in [0.1, 0.15) is 31.3 Å². The molecule has 0 radical (unpaired) electrons. The van der Waals surface area contributed by atoms with Gasteiger partial charge in [-0.25, -0.2) is 4.98 Å². The number of rotatable bonds is 4. The number of aromatic nitrogens is 2. The highest BCUT2D eigenvalue weighted by molar-refractivity contribution is 6.31. The first kappa shape index (κ1) is 13.1. The molecule has 2 rings (SSSR count). The van der Waals surface area contributed by atoms with Crippen molar-refractivity contribution in [2.75, 3.05) is 6.54 Å². The van der Waals surface area contributed by atoms with Gasteiger partial charge in [-0.3, -0.25) is 0 Å². The molecular formula is C14H18ClN3. The smallest absolute Gasteiger partial charge is 0.110 e. The molecule has 18 heavy (non-hydrogen) atoms. The Kier molecular flexibility index (Phi) is 4.04. The topological polar surface area (TPSA) is 29.9 Å². The molecule has 0 bridgehead atoms. The van der Waals surface area contributed by atoms with Crippen molar-refractivity contribution in [1.82, 2.24) is 14.9 Å². The molecule has 1 N–H and O–H groups in total. The van der Waals surface area contributed by atoms with E-state index in [0.717, 1.165) is 28.6 Å². The van der Waals surface area contributed by atoms with E-state index in [4.69, 9.17) is 11.6 Å². The summed E-state index contributed by atoms with van der Waals surface area (Å²) >= 11 is 6.36. The second kappa shape index (κ2) is 5.55. The molecule has 0 amide bonds. The maximum absolute atomic E-state index is 6.36. The van der Waals surface area contributed by atoms with E-state index in [0.29, 0.717) is 0 Å². The summed E-state index contributed by atoms with van der Waals surface area (Å²) < 4.78 is 2.02. The van der Waals surface area contributed by atoms with E-state index in [2.05, 4.69) is 36.3 Å². The lowest BCUT2D eigenvalue weighted by Gasteiger charge is -2.15. The minimum absolute atomic E-state index is 0.264. The van der Waals surface area contributed by atoms with Gasteiger partial charge in [0.25, 0.3) is 0 Å². The van der Waals surface area contributed by atoms with Gasteiger partial charge in [0.05, 0.1) is 0 Å². The summed E-state index contributed by atoms with van der Waals surface area (Å²) in [5.41, 5.74) is 2.17. The van der Waals surface area contributed by atoms with Crippen LogP contribution in [0.4, 0.5) is 0 Å². The molecule has 2 aromatic rings. The predicted octanol–water partition coefficient (Wildman–Crippen LogP) is 3.50. The summed E-state index contributed by atoms with van der Waals surface area (Å²) in [7, 11) is 0. The maximum Gasteiger partial charge on any atom is 0.110 e. The monoisotopic (exact) mass is 263 g/mol. The quantitative estimate of drug-likeness (QED) is 0.915. The molecule has 0 spiro atoms. The van der Waals surface area contributed by atoms with Gasteiger partial charge in [0, 0.05) is 29.1 Å². The first-order valence-corrected chi connectivity index (χ1v) is 6.54. The standard InChI is InChI=1S/C14H18ClN3/c1-4-16-10(2)13-6-5-12(9-14(13)15)18-8-7-17-11(18)3/h5-10,16H,4H2,1-3H3. The summed E-state index contributed by atoms with van der Waals surface area (Å²) in [6.45, 7) is 7.11. The van der Waals surface area contributed by atoms with Gasteiger partial charge in [-0.2, -0.15) is 0 Å². The minimum atomic E-state index is 0.264. The first-order chi connectivity index (χ1) is 8.63. The van der Waals surface area contributed by atoms with Crippen molar-refractivity contribution in [3.05, 3.63) is 47.0 Å². The van der Waals surface area contributed by atoms with E-state index in [1.807, 2.05) is 23.8 Å². The number of hydrogen-bond acceptors (Lipinski definition) is 2. The molecule has 3 nitrogen and oxygen atoms in total. The van der Waals surface area contributed by atoms with Crippen molar-refractivity contribution in [1.29, 1.82) is 0 Å². The van der Waals surface area contributed by atoms with Crippen molar-refractivity contribution in [3.8, 4) is 5.69 Å². The Labute approximate surface area is 113 Å². The third-order valence-electron chi connectivity index (χ3n) is 3.06. The van der Waals surface area contributed by atoms with Gasteiger partial charge in [-0.15, -0.1) is 0 Å². The van der Waals surface area contributed by atoms with Crippen molar-refractivity contribution in [2.45, 2.75) is 26.8 Å². The van der Waals surface area contributed by atoms with Crippen molar-refractivity contribution < 1.29 is 0 Å². The number of imidazole rings is 1. The minimum Gasteiger partial charge on any atom is -0.310 e. The van der Waals surface area contributed by atoms with E-state index in [-0.39, 0.29) is 6.04 Å². The average molecular weight is 264 g/mol.